The summed E-state index contributed by atoms with van der Waals surface area (Å²) in [6, 6.07) is 7.59. The van der Waals surface area contributed by atoms with E-state index in [1.807, 2.05) is 0 Å². The van der Waals surface area contributed by atoms with Gasteiger partial charge in [-0.2, -0.15) is 4.39 Å². The maximum absolute atomic E-state index is 13.2. The second-order valence-electron chi connectivity index (χ2n) is 2.99. The first-order valence-electron chi connectivity index (χ1n) is 4.38. The van der Waals surface area contributed by atoms with Gasteiger partial charge >= 0.3 is 0 Å². The molecular weight excluding hydrogens is 231 g/mol. The van der Waals surface area contributed by atoms with Crippen LogP contribution >= 0.6 is 0 Å². The fraction of sp³-hybridized carbons (Fsp3) is 0. The molecule has 0 radical (unpaired) electrons. The number of sulfone groups is 1. The van der Waals surface area contributed by atoms with E-state index in [4.69, 9.17) is 0 Å². The third-order valence-corrected chi connectivity index (χ3v) is 3.72. The zero-order valence-electron chi connectivity index (χ0n) is 8.04. The van der Waals surface area contributed by atoms with E-state index in [0.717, 1.165) is 12.5 Å². The quantitative estimate of drug-likeness (QED) is 0.743. The van der Waals surface area contributed by atoms with Gasteiger partial charge in [-0.05, 0) is 12.1 Å². The molecule has 0 aliphatic rings. The van der Waals surface area contributed by atoms with Crippen LogP contribution in [0, 0.1) is 5.95 Å². The Morgan fingerprint density at radius 3 is 2.44 bits per heavy atom. The molecule has 0 spiro atoms. The van der Waals surface area contributed by atoms with Crippen molar-refractivity contribution >= 4 is 9.84 Å². The van der Waals surface area contributed by atoms with E-state index in [2.05, 4.69) is 9.97 Å². The topological polar surface area (TPSA) is 59.9 Å². The van der Waals surface area contributed by atoms with E-state index < -0.39 is 20.7 Å². The molecule has 0 N–H and O–H groups in total. The molecule has 0 amide bonds. The molecule has 0 saturated heterocycles. The lowest BCUT2D eigenvalue weighted by Crippen LogP contribution is -2.06. The SMILES string of the molecule is O=S(=O)(c1ccccc1)c1cncnc1F. The van der Waals surface area contributed by atoms with Crippen LogP contribution in [0.5, 0.6) is 0 Å². The lowest BCUT2D eigenvalue weighted by Gasteiger charge is -2.03. The highest BCUT2D eigenvalue weighted by atomic mass is 32.2. The Hall–Kier alpha value is -1.82. The molecule has 0 aliphatic carbocycles. The average Bonchev–Trinajstić information content (AvgIpc) is 2.30. The van der Waals surface area contributed by atoms with Gasteiger partial charge in [-0.1, -0.05) is 18.2 Å². The van der Waals surface area contributed by atoms with E-state index >= 15 is 0 Å². The summed E-state index contributed by atoms with van der Waals surface area (Å²) in [5, 5.41) is 0. The van der Waals surface area contributed by atoms with Crippen molar-refractivity contribution < 1.29 is 12.8 Å². The number of benzene rings is 1. The van der Waals surface area contributed by atoms with Crippen molar-refractivity contribution in [1.29, 1.82) is 0 Å². The fourth-order valence-corrected chi connectivity index (χ4v) is 2.45. The molecule has 2 aromatic rings. The molecule has 0 unspecified atom stereocenters. The van der Waals surface area contributed by atoms with Crippen molar-refractivity contribution in [2.24, 2.45) is 0 Å². The number of halogens is 1. The third-order valence-electron chi connectivity index (χ3n) is 1.98. The predicted octanol–water partition coefficient (Wildman–Crippen LogP) is 1.45. The molecule has 6 heteroatoms. The Balaban J connectivity index is 2.62. The van der Waals surface area contributed by atoms with Gasteiger partial charge < -0.3 is 0 Å². The molecule has 1 heterocycles. The minimum Gasteiger partial charge on any atom is -0.243 e. The molecule has 82 valence electrons. The minimum absolute atomic E-state index is 0.0173. The van der Waals surface area contributed by atoms with Crippen molar-refractivity contribution in [3.05, 3.63) is 48.8 Å². The highest BCUT2D eigenvalue weighted by Gasteiger charge is 2.22. The standard InChI is InChI=1S/C10H7FN2O2S/c11-10-9(6-12-7-13-10)16(14,15)8-4-2-1-3-5-8/h1-7H. The number of hydrogen-bond donors (Lipinski definition) is 0. The summed E-state index contributed by atoms with van der Waals surface area (Å²) in [4.78, 5) is 6.23. The highest BCUT2D eigenvalue weighted by molar-refractivity contribution is 7.91. The second kappa shape index (κ2) is 3.97. The fourth-order valence-electron chi connectivity index (χ4n) is 1.21. The summed E-state index contributed by atoms with van der Waals surface area (Å²) in [7, 11) is -3.87. The van der Waals surface area contributed by atoms with Crippen LogP contribution < -0.4 is 0 Å². The monoisotopic (exact) mass is 238 g/mol. The first-order chi connectivity index (χ1) is 7.62. The van der Waals surface area contributed by atoms with E-state index in [-0.39, 0.29) is 4.90 Å². The van der Waals surface area contributed by atoms with E-state index in [1.165, 1.54) is 12.1 Å². The maximum atomic E-state index is 13.2. The van der Waals surface area contributed by atoms with Gasteiger partial charge in [0.15, 0.2) is 0 Å². The van der Waals surface area contributed by atoms with Gasteiger partial charge in [0.1, 0.15) is 11.2 Å². The molecule has 1 aromatic heterocycles. The van der Waals surface area contributed by atoms with Crippen LogP contribution in [0.4, 0.5) is 4.39 Å². The van der Waals surface area contributed by atoms with E-state index in [9.17, 15) is 12.8 Å². The number of nitrogens with zero attached hydrogens (tertiary/aromatic N) is 2. The molecule has 0 fully saturated rings. The van der Waals surface area contributed by atoms with Gasteiger partial charge in [0.05, 0.1) is 11.1 Å². The van der Waals surface area contributed by atoms with Crippen LogP contribution in [0.1, 0.15) is 0 Å². The normalized spacial score (nSPS) is 11.3. The molecule has 2 rings (SSSR count). The van der Waals surface area contributed by atoms with E-state index in [0.29, 0.717) is 0 Å². The summed E-state index contributed by atoms with van der Waals surface area (Å²) in [5.41, 5.74) is 0. The maximum Gasteiger partial charge on any atom is 0.235 e. The second-order valence-corrected chi connectivity index (χ2v) is 4.91. The zero-order valence-corrected chi connectivity index (χ0v) is 8.86. The lowest BCUT2D eigenvalue weighted by molar-refractivity contribution is 0.533. The molecule has 0 aliphatic heterocycles. The Bertz CT molecular complexity index is 599. The van der Waals surface area contributed by atoms with Crippen molar-refractivity contribution in [3.8, 4) is 0 Å². The molecule has 0 bridgehead atoms. The lowest BCUT2D eigenvalue weighted by atomic mass is 10.4. The van der Waals surface area contributed by atoms with Crippen molar-refractivity contribution in [2.45, 2.75) is 9.79 Å². The Labute approximate surface area is 91.7 Å². The molecule has 0 atom stereocenters. The van der Waals surface area contributed by atoms with E-state index in [1.54, 1.807) is 18.2 Å². The summed E-state index contributed by atoms with van der Waals surface area (Å²) in [5.74, 6) is -1.04. The molecule has 16 heavy (non-hydrogen) atoms. The molecule has 0 saturated carbocycles. The van der Waals surface area contributed by atoms with Crippen molar-refractivity contribution in [3.63, 3.8) is 0 Å². The van der Waals surface area contributed by atoms with Crippen LogP contribution in [-0.2, 0) is 9.84 Å². The third kappa shape index (κ3) is 1.79. The molecule has 4 nitrogen and oxygen atoms in total. The van der Waals surface area contributed by atoms with Crippen LogP contribution in [0.2, 0.25) is 0 Å². The van der Waals surface area contributed by atoms with Crippen LogP contribution in [0.15, 0.2) is 52.6 Å². The van der Waals surface area contributed by atoms with Gasteiger partial charge in [0.2, 0.25) is 15.8 Å². The average molecular weight is 238 g/mol. The van der Waals surface area contributed by atoms with Crippen LogP contribution in [-0.4, -0.2) is 18.4 Å². The highest BCUT2D eigenvalue weighted by Crippen LogP contribution is 2.20. The smallest absolute Gasteiger partial charge is 0.235 e. The first-order valence-corrected chi connectivity index (χ1v) is 5.86. The Kier molecular flexibility index (Phi) is 2.66. The number of hydrogen-bond acceptors (Lipinski definition) is 4. The van der Waals surface area contributed by atoms with Crippen LogP contribution in [0.25, 0.3) is 0 Å². The van der Waals surface area contributed by atoms with Gasteiger partial charge in [-0.25, -0.2) is 18.4 Å². The number of aromatic nitrogens is 2. The molecular formula is C10H7FN2O2S. The molecule has 1 aromatic carbocycles. The zero-order chi connectivity index (χ0) is 11.6. The summed E-state index contributed by atoms with van der Waals surface area (Å²) < 4.78 is 37.1. The van der Waals surface area contributed by atoms with Crippen molar-refractivity contribution in [2.75, 3.05) is 0 Å². The van der Waals surface area contributed by atoms with Gasteiger partial charge in [-0.15, -0.1) is 0 Å². The van der Waals surface area contributed by atoms with Gasteiger partial charge in [0, 0.05) is 0 Å². The van der Waals surface area contributed by atoms with Crippen molar-refractivity contribution in [1.82, 2.24) is 9.97 Å². The first kappa shape index (κ1) is 10.7. The summed E-state index contributed by atoms with van der Waals surface area (Å²) in [6.07, 6.45) is 1.91. The van der Waals surface area contributed by atoms with Gasteiger partial charge in [0.25, 0.3) is 0 Å². The Morgan fingerprint density at radius 1 is 1.12 bits per heavy atom. The largest absolute Gasteiger partial charge is 0.243 e. The minimum atomic E-state index is -3.87. The van der Waals surface area contributed by atoms with Crippen LogP contribution in [0.3, 0.4) is 0 Å². The summed E-state index contributed by atoms with van der Waals surface area (Å²) in [6.45, 7) is 0. The number of rotatable bonds is 2. The summed E-state index contributed by atoms with van der Waals surface area (Å²) >= 11 is 0. The van der Waals surface area contributed by atoms with Gasteiger partial charge in [-0.3, -0.25) is 0 Å². The Morgan fingerprint density at radius 2 is 1.81 bits per heavy atom. The predicted molar refractivity (Wildman–Crippen MR) is 53.9 cm³/mol.